The number of hydrogen-bond donors (Lipinski definition) is 0. The van der Waals surface area contributed by atoms with Crippen molar-refractivity contribution < 1.29 is 9.18 Å². The summed E-state index contributed by atoms with van der Waals surface area (Å²) in [6.45, 7) is 2.85. The minimum Gasteiger partial charge on any atom is -0.336 e. The van der Waals surface area contributed by atoms with Crippen LogP contribution in [0.4, 0.5) is 4.39 Å². The molecule has 0 saturated carbocycles. The third-order valence-corrected chi connectivity index (χ3v) is 4.42. The zero-order valence-electron chi connectivity index (χ0n) is 10.7. The molecule has 2 nitrogen and oxygen atoms in total. The predicted octanol–water partition coefficient (Wildman–Crippen LogP) is 4.37. The Balaban J connectivity index is 2.16. The normalized spacial score (nSPS) is 20.6. The number of halogens is 3. The van der Waals surface area contributed by atoms with Crippen molar-refractivity contribution in [1.29, 1.82) is 0 Å². The SMILES string of the molecule is CC(Br)CC1CCCN1C(=O)c1ccc(Br)c(F)c1. The number of carbonyl (C=O) groups excluding carboxylic acids is 1. The van der Waals surface area contributed by atoms with E-state index in [0.717, 1.165) is 25.8 Å². The van der Waals surface area contributed by atoms with Crippen molar-refractivity contribution in [3.05, 3.63) is 34.1 Å². The molecule has 2 rings (SSSR count). The fourth-order valence-corrected chi connectivity index (χ4v) is 3.20. The average molecular weight is 393 g/mol. The van der Waals surface area contributed by atoms with Crippen LogP contribution in [0.25, 0.3) is 0 Å². The molecular formula is C14H16Br2FNO. The van der Waals surface area contributed by atoms with Crippen LogP contribution in [-0.2, 0) is 0 Å². The summed E-state index contributed by atoms with van der Waals surface area (Å²) in [7, 11) is 0. The maximum Gasteiger partial charge on any atom is 0.254 e. The summed E-state index contributed by atoms with van der Waals surface area (Å²) in [4.78, 5) is 14.7. The lowest BCUT2D eigenvalue weighted by Crippen LogP contribution is -2.36. The molecule has 0 aliphatic carbocycles. The lowest BCUT2D eigenvalue weighted by molar-refractivity contribution is 0.0731. The Labute approximate surface area is 129 Å². The quantitative estimate of drug-likeness (QED) is 0.699. The van der Waals surface area contributed by atoms with Gasteiger partial charge in [-0.3, -0.25) is 4.79 Å². The molecule has 0 bridgehead atoms. The fourth-order valence-electron chi connectivity index (χ4n) is 2.52. The van der Waals surface area contributed by atoms with E-state index in [4.69, 9.17) is 0 Å². The van der Waals surface area contributed by atoms with Crippen molar-refractivity contribution in [2.45, 2.75) is 37.1 Å². The number of benzene rings is 1. The standard InChI is InChI=1S/C14H16Br2FNO/c1-9(15)7-11-3-2-6-18(11)14(19)10-4-5-12(16)13(17)8-10/h4-5,8-9,11H,2-3,6-7H2,1H3. The van der Waals surface area contributed by atoms with Gasteiger partial charge in [0.2, 0.25) is 0 Å². The van der Waals surface area contributed by atoms with E-state index >= 15 is 0 Å². The second-order valence-electron chi connectivity index (χ2n) is 4.94. The Bertz CT molecular complexity index is 479. The van der Waals surface area contributed by atoms with Crippen LogP contribution in [0.15, 0.2) is 22.7 Å². The first kappa shape index (κ1) is 15.0. The van der Waals surface area contributed by atoms with E-state index in [1.54, 1.807) is 12.1 Å². The van der Waals surface area contributed by atoms with Crippen molar-refractivity contribution in [2.75, 3.05) is 6.54 Å². The van der Waals surface area contributed by atoms with Crippen LogP contribution < -0.4 is 0 Å². The molecule has 1 aliphatic heterocycles. The van der Waals surface area contributed by atoms with Crippen LogP contribution in [-0.4, -0.2) is 28.2 Å². The Morgan fingerprint density at radius 1 is 1.58 bits per heavy atom. The zero-order chi connectivity index (χ0) is 14.0. The highest BCUT2D eigenvalue weighted by atomic mass is 79.9. The molecule has 19 heavy (non-hydrogen) atoms. The fraction of sp³-hybridized carbons (Fsp3) is 0.500. The zero-order valence-corrected chi connectivity index (χ0v) is 13.9. The van der Waals surface area contributed by atoms with Gasteiger partial charge in [-0.1, -0.05) is 22.9 Å². The van der Waals surface area contributed by atoms with Gasteiger partial charge < -0.3 is 4.90 Å². The molecule has 0 radical (unpaired) electrons. The summed E-state index contributed by atoms with van der Waals surface area (Å²) >= 11 is 6.63. The molecule has 2 unspecified atom stereocenters. The van der Waals surface area contributed by atoms with Crippen LogP contribution in [0.1, 0.15) is 36.5 Å². The third-order valence-electron chi connectivity index (χ3n) is 3.40. The number of nitrogens with zero attached hydrogens (tertiary/aromatic N) is 1. The molecule has 1 aliphatic rings. The van der Waals surface area contributed by atoms with Crippen LogP contribution in [0.3, 0.4) is 0 Å². The first-order chi connectivity index (χ1) is 8.99. The van der Waals surface area contributed by atoms with E-state index < -0.39 is 5.82 Å². The second-order valence-corrected chi connectivity index (χ2v) is 7.36. The van der Waals surface area contributed by atoms with Crippen molar-refractivity contribution in [3.8, 4) is 0 Å². The van der Waals surface area contributed by atoms with Crippen LogP contribution in [0.2, 0.25) is 0 Å². The molecule has 0 spiro atoms. The maximum atomic E-state index is 13.5. The van der Waals surface area contributed by atoms with Crippen LogP contribution >= 0.6 is 31.9 Å². The highest BCUT2D eigenvalue weighted by Gasteiger charge is 2.30. The molecule has 1 aromatic carbocycles. The van der Waals surface area contributed by atoms with Crippen LogP contribution in [0.5, 0.6) is 0 Å². The van der Waals surface area contributed by atoms with E-state index in [0.29, 0.717) is 14.9 Å². The monoisotopic (exact) mass is 391 g/mol. The van der Waals surface area contributed by atoms with Gasteiger partial charge in [-0.15, -0.1) is 0 Å². The number of amides is 1. The van der Waals surface area contributed by atoms with E-state index in [9.17, 15) is 9.18 Å². The third kappa shape index (κ3) is 3.57. The van der Waals surface area contributed by atoms with Gasteiger partial charge >= 0.3 is 0 Å². The van der Waals surface area contributed by atoms with Crippen molar-refractivity contribution in [3.63, 3.8) is 0 Å². The lowest BCUT2D eigenvalue weighted by Gasteiger charge is -2.25. The van der Waals surface area contributed by atoms with E-state index in [1.165, 1.54) is 6.07 Å². The van der Waals surface area contributed by atoms with Crippen molar-refractivity contribution in [1.82, 2.24) is 4.90 Å². The molecule has 2 atom stereocenters. The molecule has 104 valence electrons. The number of carbonyl (C=O) groups is 1. The molecule has 0 N–H and O–H groups in total. The topological polar surface area (TPSA) is 20.3 Å². The summed E-state index contributed by atoms with van der Waals surface area (Å²) in [5, 5.41) is 0. The molecule has 1 saturated heterocycles. The molecule has 5 heteroatoms. The van der Waals surface area contributed by atoms with E-state index in [2.05, 4.69) is 38.8 Å². The van der Waals surface area contributed by atoms with Gasteiger partial charge in [0.05, 0.1) is 4.47 Å². The number of likely N-dealkylation sites (tertiary alicyclic amines) is 1. The predicted molar refractivity (Wildman–Crippen MR) is 81.2 cm³/mol. The van der Waals surface area contributed by atoms with E-state index in [-0.39, 0.29) is 11.9 Å². The molecule has 0 aromatic heterocycles. The van der Waals surface area contributed by atoms with Gasteiger partial charge in [0.1, 0.15) is 5.82 Å². The number of rotatable bonds is 3. The smallest absolute Gasteiger partial charge is 0.254 e. The summed E-state index contributed by atoms with van der Waals surface area (Å²) in [5.74, 6) is -0.461. The average Bonchev–Trinajstić information content (AvgIpc) is 2.79. The van der Waals surface area contributed by atoms with Gasteiger partial charge in [0.25, 0.3) is 5.91 Å². The lowest BCUT2D eigenvalue weighted by atomic mass is 10.1. The van der Waals surface area contributed by atoms with Gasteiger partial charge in [0.15, 0.2) is 0 Å². The molecule has 1 amide bonds. The van der Waals surface area contributed by atoms with Gasteiger partial charge in [0, 0.05) is 23.0 Å². The summed E-state index contributed by atoms with van der Waals surface area (Å²) < 4.78 is 13.9. The van der Waals surface area contributed by atoms with Gasteiger partial charge in [-0.05, 0) is 53.4 Å². The number of hydrogen-bond acceptors (Lipinski definition) is 1. The Kier molecular flexibility index (Phi) is 5.01. The maximum absolute atomic E-state index is 13.5. The Morgan fingerprint density at radius 2 is 2.32 bits per heavy atom. The molecule has 1 aromatic rings. The first-order valence-corrected chi connectivity index (χ1v) is 8.10. The summed E-state index contributed by atoms with van der Waals surface area (Å²) in [6, 6.07) is 4.82. The Morgan fingerprint density at radius 3 is 2.95 bits per heavy atom. The van der Waals surface area contributed by atoms with Crippen molar-refractivity contribution >= 4 is 37.8 Å². The van der Waals surface area contributed by atoms with Gasteiger partial charge in [-0.25, -0.2) is 4.39 Å². The molecule has 1 heterocycles. The summed E-state index contributed by atoms with van der Waals surface area (Å²) in [6.07, 6.45) is 2.99. The minimum atomic E-state index is -0.393. The van der Waals surface area contributed by atoms with Crippen molar-refractivity contribution in [2.24, 2.45) is 0 Å². The highest BCUT2D eigenvalue weighted by Crippen LogP contribution is 2.26. The van der Waals surface area contributed by atoms with E-state index in [1.807, 2.05) is 4.90 Å². The second kappa shape index (κ2) is 6.35. The Hall–Kier alpha value is -0.420. The molecule has 1 fully saturated rings. The number of alkyl halides is 1. The summed E-state index contributed by atoms with van der Waals surface area (Å²) in [5.41, 5.74) is 0.426. The highest BCUT2D eigenvalue weighted by molar-refractivity contribution is 9.10. The first-order valence-electron chi connectivity index (χ1n) is 6.39. The van der Waals surface area contributed by atoms with Crippen LogP contribution in [0, 0.1) is 5.82 Å². The van der Waals surface area contributed by atoms with Gasteiger partial charge in [-0.2, -0.15) is 0 Å². The minimum absolute atomic E-state index is 0.0675. The largest absolute Gasteiger partial charge is 0.336 e. The molecular weight excluding hydrogens is 377 g/mol.